The molecule has 140 valence electrons. The molecule has 8 heteroatoms. The number of nitrogens with zero attached hydrogens (tertiary/aromatic N) is 1. The zero-order valence-corrected chi connectivity index (χ0v) is 16.0. The standard InChI is InChI=1S/C20H14ClN3O3S/c21-13-8-7-12(10-15(13)23-19(26)17-6-3-9-28-17)20(27)24-11-18(25)22-14-4-1-2-5-16(14)24/h1-10H,11H2,(H,22,25)(H,23,26). The maximum Gasteiger partial charge on any atom is 0.265 e. The molecule has 28 heavy (non-hydrogen) atoms. The van der Waals surface area contributed by atoms with E-state index < -0.39 is 0 Å². The van der Waals surface area contributed by atoms with Gasteiger partial charge in [0.05, 0.1) is 27.0 Å². The van der Waals surface area contributed by atoms with Gasteiger partial charge in [-0.05, 0) is 41.8 Å². The van der Waals surface area contributed by atoms with Crippen molar-refractivity contribution >= 4 is 57.7 Å². The number of amides is 3. The zero-order chi connectivity index (χ0) is 19.7. The Morgan fingerprint density at radius 3 is 2.71 bits per heavy atom. The lowest BCUT2D eigenvalue weighted by molar-refractivity contribution is -0.115. The van der Waals surface area contributed by atoms with Gasteiger partial charge in [-0.15, -0.1) is 11.3 Å². The topological polar surface area (TPSA) is 78.5 Å². The fourth-order valence-corrected chi connectivity index (χ4v) is 3.70. The first-order valence-electron chi connectivity index (χ1n) is 8.38. The minimum atomic E-state index is -0.356. The van der Waals surface area contributed by atoms with Crippen molar-refractivity contribution in [1.82, 2.24) is 0 Å². The van der Waals surface area contributed by atoms with Crippen molar-refractivity contribution in [3.63, 3.8) is 0 Å². The molecule has 0 bridgehead atoms. The van der Waals surface area contributed by atoms with Gasteiger partial charge in [-0.25, -0.2) is 0 Å². The van der Waals surface area contributed by atoms with Gasteiger partial charge < -0.3 is 10.6 Å². The van der Waals surface area contributed by atoms with E-state index in [0.29, 0.717) is 32.5 Å². The minimum absolute atomic E-state index is 0.0879. The first-order valence-corrected chi connectivity index (χ1v) is 9.64. The number of para-hydroxylation sites is 2. The molecule has 6 nitrogen and oxygen atoms in total. The summed E-state index contributed by atoms with van der Waals surface area (Å²) in [6.07, 6.45) is 0. The smallest absolute Gasteiger partial charge is 0.265 e. The molecule has 3 aromatic rings. The average molecular weight is 412 g/mol. The molecule has 0 saturated heterocycles. The lowest BCUT2D eigenvalue weighted by atomic mass is 10.1. The number of rotatable bonds is 3. The van der Waals surface area contributed by atoms with E-state index >= 15 is 0 Å². The number of nitrogens with one attached hydrogen (secondary N) is 2. The largest absolute Gasteiger partial charge is 0.323 e. The van der Waals surface area contributed by atoms with E-state index in [1.54, 1.807) is 53.9 Å². The summed E-state index contributed by atoms with van der Waals surface area (Å²) in [7, 11) is 0. The second kappa shape index (κ2) is 7.46. The van der Waals surface area contributed by atoms with E-state index in [2.05, 4.69) is 10.6 Å². The lowest BCUT2D eigenvalue weighted by Crippen LogP contribution is -2.42. The quantitative estimate of drug-likeness (QED) is 0.676. The maximum atomic E-state index is 13.1. The maximum absolute atomic E-state index is 13.1. The minimum Gasteiger partial charge on any atom is -0.323 e. The Morgan fingerprint density at radius 1 is 1.11 bits per heavy atom. The zero-order valence-electron chi connectivity index (χ0n) is 14.4. The fraction of sp³-hybridized carbons (Fsp3) is 0.0500. The predicted octanol–water partition coefficient (Wildman–Crippen LogP) is 4.25. The molecule has 4 rings (SSSR count). The summed E-state index contributed by atoms with van der Waals surface area (Å²) >= 11 is 7.50. The molecule has 0 fully saturated rings. The highest BCUT2D eigenvalue weighted by atomic mass is 35.5. The van der Waals surface area contributed by atoms with E-state index in [1.165, 1.54) is 22.3 Å². The Morgan fingerprint density at radius 2 is 1.93 bits per heavy atom. The van der Waals surface area contributed by atoms with Gasteiger partial charge in [-0.1, -0.05) is 29.8 Å². The second-order valence-corrected chi connectivity index (χ2v) is 7.44. The van der Waals surface area contributed by atoms with Crippen molar-refractivity contribution in [3.8, 4) is 0 Å². The Labute approximate surface area is 169 Å². The third-order valence-corrected chi connectivity index (χ3v) is 5.42. The van der Waals surface area contributed by atoms with Crippen LogP contribution < -0.4 is 15.5 Å². The van der Waals surface area contributed by atoms with E-state index in [9.17, 15) is 14.4 Å². The molecule has 1 aromatic heterocycles. The lowest BCUT2D eigenvalue weighted by Gasteiger charge is -2.29. The van der Waals surface area contributed by atoms with Crippen LogP contribution in [0.3, 0.4) is 0 Å². The summed E-state index contributed by atoms with van der Waals surface area (Å²) in [5.41, 5.74) is 1.84. The molecule has 2 N–H and O–H groups in total. The van der Waals surface area contributed by atoms with Crippen molar-refractivity contribution in [2.45, 2.75) is 0 Å². The average Bonchev–Trinajstić information content (AvgIpc) is 3.23. The van der Waals surface area contributed by atoms with Crippen LogP contribution in [-0.2, 0) is 4.79 Å². The van der Waals surface area contributed by atoms with Gasteiger partial charge in [-0.3, -0.25) is 19.3 Å². The number of halogens is 1. The third kappa shape index (κ3) is 3.49. The van der Waals surface area contributed by atoms with Crippen LogP contribution in [0, 0.1) is 0 Å². The molecule has 2 aromatic carbocycles. The highest BCUT2D eigenvalue weighted by Crippen LogP contribution is 2.31. The highest BCUT2D eigenvalue weighted by Gasteiger charge is 2.27. The van der Waals surface area contributed by atoms with Crippen molar-refractivity contribution < 1.29 is 14.4 Å². The molecule has 2 heterocycles. The number of anilines is 3. The number of carbonyl (C=O) groups excluding carboxylic acids is 3. The van der Waals surface area contributed by atoms with Crippen LogP contribution in [0.5, 0.6) is 0 Å². The number of hydrogen-bond acceptors (Lipinski definition) is 4. The third-order valence-electron chi connectivity index (χ3n) is 4.22. The number of thiophene rings is 1. The number of hydrogen-bond donors (Lipinski definition) is 2. The van der Waals surface area contributed by atoms with Gasteiger partial charge in [0.2, 0.25) is 5.91 Å². The molecule has 3 amide bonds. The first kappa shape index (κ1) is 18.2. The molecule has 0 saturated carbocycles. The molecule has 1 aliphatic rings. The van der Waals surface area contributed by atoms with Crippen LogP contribution in [0.4, 0.5) is 17.1 Å². The summed E-state index contributed by atoms with van der Waals surface area (Å²) in [5, 5.41) is 7.60. The Hall–Kier alpha value is -3.16. The number of benzene rings is 2. The summed E-state index contributed by atoms with van der Waals surface area (Å²) in [6.45, 7) is -0.0879. The number of fused-ring (bicyclic) bond motifs is 1. The molecular formula is C20H14ClN3O3S. The molecule has 0 atom stereocenters. The van der Waals surface area contributed by atoms with Crippen LogP contribution in [0.2, 0.25) is 5.02 Å². The Bertz CT molecular complexity index is 1080. The Balaban J connectivity index is 1.64. The molecule has 0 spiro atoms. The summed E-state index contributed by atoms with van der Waals surface area (Å²) < 4.78 is 0. The summed E-state index contributed by atoms with van der Waals surface area (Å²) in [6, 6.07) is 15.2. The van der Waals surface area contributed by atoms with Crippen molar-refractivity contribution in [2.75, 3.05) is 22.1 Å². The van der Waals surface area contributed by atoms with Crippen LogP contribution >= 0.6 is 22.9 Å². The van der Waals surface area contributed by atoms with E-state index in [4.69, 9.17) is 11.6 Å². The molecular weight excluding hydrogens is 398 g/mol. The molecule has 0 radical (unpaired) electrons. The normalized spacial score (nSPS) is 12.9. The molecule has 0 unspecified atom stereocenters. The van der Waals surface area contributed by atoms with Gasteiger partial charge in [0.25, 0.3) is 11.8 Å². The van der Waals surface area contributed by atoms with E-state index in [0.717, 1.165) is 0 Å². The first-order chi connectivity index (χ1) is 13.5. The van der Waals surface area contributed by atoms with Gasteiger partial charge >= 0.3 is 0 Å². The van der Waals surface area contributed by atoms with Crippen molar-refractivity contribution in [2.24, 2.45) is 0 Å². The van der Waals surface area contributed by atoms with E-state index in [-0.39, 0.29) is 24.3 Å². The van der Waals surface area contributed by atoms with E-state index in [1.807, 2.05) is 0 Å². The number of carbonyl (C=O) groups is 3. The SMILES string of the molecule is O=C1CN(C(=O)c2ccc(Cl)c(NC(=O)c3cccs3)c2)c2ccccc2N1. The summed E-state index contributed by atoms with van der Waals surface area (Å²) in [4.78, 5) is 39.3. The highest BCUT2D eigenvalue weighted by molar-refractivity contribution is 7.12. The molecule has 1 aliphatic heterocycles. The predicted molar refractivity (Wildman–Crippen MR) is 110 cm³/mol. The van der Waals surface area contributed by atoms with Crippen LogP contribution in [0.25, 0.3) is 0 Å². The fourth-order valence-electron chi connectivity index (χ4n) is 2.92. The van der Waals surface area contributed by atoms with Crippen LogP contribution in [0.15, 0.2) is 60.0 Å². The molecule has 0 aliphatic carbocycles. The summed E-state index contributed by atoms with van der Waals surface area (Å²) in [5.74, 6) is -0.929. The van der Waals surface area contributed by atoms with Crippen molar-refractivity contribution in [1.29, 1.82) is 0 Å². The monoisotopic (exact) mass is 411 g/mol. The van der Waals surface area contributed by atoms with Gasteiger partial charge in [0.1, 0.15) is 6.54 Å². The van der Waals surface area contributed by atoms with Gasteiger partial charge in [0, 0.05) is 5.56 Å². The van der Waals surface area contributed by atoms with Gasteiger partial charge in [0.15, 0.2) is 0 Å². The second-order valence-electron chi connectivity index (χ2n) is 6.08. The Kier molecular flexibility index (Phi) is 4.85. The van der Waals surface area contributed by atoms with Crippen LogP contribution in [-0.4, -0.2) is 24.3 Å². The van der Waals surface area contributed by atoms with Crippen molar-refractivity contribution in [3.05, 3.63) is 75.4 Å². The van der Waals surface area contributed by atoms with Gasteiger partial charge in [-0.2, -0.15) is 0 Å². The van der Waals surface area contributed by atoms with Crippen LogP contribution in [0.1, 0.15) is 20.0 Å².